The monoisotopic (exact) mass is 354 g/mol. The molecule has 0 aromatic heterocycles. The van der Waals surface area contributed by atoms with E-state index in [1.807, 2.05) is 35.2 Å². The molecule has 0 bridgehead atoms. The fourth-order valence-electron chi connectivity index (χ4n) is 3.15. The minimum absolute atomic E-state index is 0.0191. The quantitative estimate of drug-likeness (QED) is 0.587. The molecule has 1 saturated heterocycles. The van der Waals surface area contributed by atoms with Crippen molar-refractivity contribution < 1.29 is 14.5 Å². The van der Waals surface area contributed by atoms with E-state index in [9.17, 15) is 14.9 Å². The van der Waals surface area contributed by atoms with Crippen molar-refractivity contribution >= 4 is 11.6 Å². The number of carbonyl (C=O) groups excluding carboxylic acids is 1. The maximum Gasteiger partial charge on any atom is 0.269 e. The number of hydrogen-bond acceptors (Lipinski definition) is 4. The number of ether oxygens (including phenoxy) is 1. The average Bonchev–Trinajstić information content (AvgIpc) is 2.68. The summed E-state index contributed by atoms with van der Waals surface area (Å²) in [6, 6.07) is 14.2. The number of carbonyl (C=O) groups is 1. The number of piperidine rings is 1. The summed E-state index contributed by atoms with van der Waals surface area (Å²) >= 11 is 0. The van der Waals surface area contributed by atoms with E-state index < -0.39 is 4.92 Å². The van der Waals surface area contributed by atoms with Crippen LogP contribution in [0.15, 0.2) is 48.5 Å². The molecule has 3 rings (SSSR count). The molecule has 6 nitrogen and oxygen atoms in total. The molecule has 0 saturated carbocycles. The molecule has 1 amide bonds. The molecule has 26 heavy (non-hydrogen) atoms. The van der Waals surface area contributed by atoms with Crippen molar-refractivity contribution in [2.24, 2.45) is 0 Å². The van der Waals surface area contributed by atoms with Gasteiger partial charge in [-0.25, -0.2) is 0 Å². The maximum absolute atomic E-state index is 12.3. The number of nitro benzene ring substituents is 1. The molecule has 1 aliphatic heterocycles. The van der Waals surface area contributed by atoms with Crippen LogP contribution in [0, 0.1) is 10.1 Å². The lowest BCUT2D eigenvalue weighted by Crippen LogP contribution is -2.38. The molecular formula is C20H22N2O4. The highest BCUT2D eigenvalue weighted by atomic mass is 16.6. The Bertz CT molecular complexity index is 771. The molecule has 0 spiro atoms. The van der Waals surface area contributed by atoms with E-state index in [0.717, 1.165) is 37.9 Å². The van der Waals surface area contributed by atoms with Crippen LogP contribution in [0.25, 0.3) is 0 Å². The Balaban J connectivity index is 1.74. The van der Waals surface area contributed by atoms with Gasteiger partial charge in [-0.2, -0.15) is 0 Å². The van der Waals surface area contributed by atoms with Gasteiger partial charge in [0.25, 0.3) is 11.6 Å². The lowest BCUT2D eigenvalue weighted by Gasteiger charge is -2.26. The van der Waals surface area contributed by atoms with E-state index in [1.54, 1.807) is 6.07 Å². The molecule has 0 radical (unpaired) electrons. The third-order valence-electron chi connectivity index (χ3n) is 4.55. The fourth-order valence-corrected chi connectivity index (χ4v) is 3.15. The van der Waals surface area contributed by atoms with Gasteiger partial charge in [0.2, 0.25) is 0 Å². The molecule has 0 atom stereocenters. The zero-order chi connectivity index (χ0) is 18.4. The zero-order valence-electron chi connectivity index (χ0n) is 14.6. The van der Waals surface area contributed by atoms with Gasteiger partial charge in [0.05, 0.1) is 4.92 Å². The average molecular weight is 354 g/mol. The number of likely N-dealkylation sites (tertiary alicyclic amines) is 1. The normalized spacial score (nSPS) is 14.1. The number of hydrogen-bond donors (Lipinski definition) is 0. The van der Waals surface area contributed by atoms with Crippen LogP contribution >= 0.6 is 0 Å². The molecule has 1 heterocycles. The third-order valence-corrected chi connectivity index (χ3v) is 4.55. The number of rotatable bonds is 6. The molecular weight excluding hydrogens is 332 g/mol. The van der Waals surface area contributed by atoms with Gasteiger partial charge >= 0.3 is 0 Å². The van der Waals surface area contributed by atoms with Crippen molar-refractivity contribution in [2.45, 2.75) is 25.7 Å². The van der Waals surface area contributed by atoms with E-state index in [2.05, 4.69) is 0 Å². The SMILES string of the molecule is O=C(COc1ccc([N+](=O)[O-])cc1Cc1ccccc1)N1CCCCC1. The first-order valence-corrected chi connectivity index (χ1v) is 8.85. The van der Waals surface area contributed by atoms with Crippen LogP contribution in [0.1, 0.15) is 30.4 Å². The van der Waals surface area contributed by atoms with Gasteiger partial charge < -0.3 is 9.64 Å². The molecule has 1 aliphatic rings. The van der Waals surface area contributed by atoms with Crippen LogP contribution in [0.2, 0.25) is 0 Å². The van der Waals surface area contributed by atoms with E-state index in [4.69, 9.17) is 4.74 Å². The summed E-state index contributed by atoms with van der Waals surface area (Å²) < 4.78 is 5.75. The minimum atomic E-state index is -0.419. The Hall–Kier alpha value is -2.89. The second-order valence-corrected chi connectivity index (χ2v) is 6.44. The summed E-state index contributed by atoms with van der Waals surface area (Å²) in [6.07, 6.45) is 3.73. The first kappa shape index (κ1) is 17.9. The summed E-state index contributed by atoms with van der Waals surface area (Å²) in [5.41, 5.74) is 1.75. The van der Waals surface area contributed by atoms with Crippen LogP contribution in [-0.4, -0.2) is 35.4 Å². The molecule has 136 valence electrons. The molecule has 0 unspecified atom stereocenters. The Morgan fingerprint density at radius 1 is 1.08 bits per heavy atom. The number of amides is 1. The Kier molecular flexibility index (Phi) is 5.84. The summed E-state index contributed by atoms with van der Waals surface area (Å²) in [5.74, 6) is 0.485. The highest BCUT2D eigenvalue weighted by molar-refractivity contribution is 5.77. The molecule has 2 aromatic rings. The lowest BCUT2D eigenvalue weighted by atomic mass is 10.0. The predicted molar refractivity (Wildman–Crippen MR) is 98.3 cm³/mol. The van der Waals surface area contributed by atoms with Gasteiger partial charge in [-0.1, -0.05) is 30.3 Å². The van der Waals surface area contributed by atoms with Crippen molar-refractivity contribution in [1.29, 1.82) is 0 Å². The lowest BCUT2D eigenvalue weighted by molar-refractivity contribution is -0.384. The molecule has 2 aromatic carbocycles. The van der Waals surface area contributed by atoms with Crippen molar-refractivity contribution in [3.63, 3.8) is 0 Å². The number of nitro groups is 1. The van der Waals surface area contributed by atoms with Crippen molar-refractivity contribution in [2.75, 3.05) is 19.7 Å². The molecule has 6 heteroatoms. The molecule has 0 N–H and O–H groups in total. The molecule has 1 fully saturated rings. The van der Waals surface area contributed by atoms with Crippen molar-refractivity contribution in [1.82, 2.24) is 4.90 Å². The predicted octanol–water partition coefficient (Wildman–Crippen LogP) is 3.58. The maximum atomic E-state index is 12.3. The summed E-state index contributed by atoms with van der Waals surface area (Å²) in [6.45, 7) is 1.51. The van der Waals surface area contributed by atoms with Gasteiger partial charge in [-0.05, 0) is 30.9 Å². The second kappa shape index (κ2) is 8.47. The van der Waals surface area contributed by atoms with Gasteiger partial charge in [-0.15, -0.1) is 0 Å². The van der Waals surface area contributed by atoms with Gasteiger partial charge in [0.1, 0.15) is 5.75 Å². The number of nitrogens with zero attached hydrogens (tertiary/aromatic N) is 2. The molecule has 0 aliphatic carbocycles. The third kappa shape index (κ3) is 4.59. The fraction of sp³-hybridized carbons (Fsp3) is 0.350. The van der Waals surface area contributed by atoms with Crippen LogP contribution in [0.4, 0.5) is 5.69 Å². The smallest absolute Gasteiger partial charge is 0.269 e. The topological polar surface area (TPSA) is 72.7 Å². The van der Waals surface area contributed by atoms with Gasteiger partial charge in [0.15, 0.2) is 6.61 Å². The van der Waals surface area contributed by atoms with Crippen LogP contribution in [0.3, 0.4) is 0 Å². The second-order valence-electron chi connectivity index (χ2n) is 6.44. The van der Waals surface area contributed by atoms with Crippen LogP contribution in [-0.2, 0) is 11.2 Å². The van der Waals surface area contributed by atoms with E-state index >= 15 is 0 Å². The van der Waals surface area contributed by atoms with Crippen LogP contribution in [0.5, 0.6) is 5.75 Å². The van der Waals surface area contributed by atoms with Gasteiger partial charge in [0, 0.05) is 37.2 Å². The highest BCUT2D eigenvalue weighted by Crippen LogP contribution is 2.27. The van der Waals surface area contributed by atoms with Crippen LogP contribution < -0.4 is 4.74 Å². The Morgan fingerprint density at radius 2 is 1.81 bits per heavy atom. The van der Waals surface area contributed by atoms with Crippen molar-refractivity contribution in [3.05, 3.63) is 69.8 Å². The summed E-state index contributed by atoms with van der Waals surface area (Å²) in [7, 11) is 0. The standard InChI is InChI=1S/C20H22N2O4/c23-20(21-11-5-2-6-12-21)15-26-19-10-9-18(22(24)25)14-17(19)13-16-7-3-1-4-8-16/h1,3-4,7-10,14H,2,5-6,11-13,15H2. The van der Waals surface area contributed by atoms with Gasteiger partial charge in [-0.3, -0.25) is 14.9 Å². The van der Waals surface area contributed by atoms with Crippen molar-refractivity contribution in [3.8, 4) is 5.75 Å². The van der Waals surface area contributed by atoms with E-state index in [0.29, 0.717) is 17.7 Å². The Labute approximate surface area is 152 Å². The summed E-state index contributed by atoms with van der Waals surface area (Å²) in [4.78, 5) is 24.8. The first-order valence-electron chi connectivity index (χ1n) is 8.85. The first-order chi connectivity index (χ1) is 12.6. The zero-order valence-corrected chi connectivity index (χ0v) is 14.6. The number of non-ortho nitro benzene ring substituents is 1. The minimum Gasteiger partial charge on any atom is -0.483 e. The van der Waals surface area contributed by atoms with E-state index in [-0.39, 0.29) is 18.2 Å². The summed E-state index contributed by atoms with van der Waals surface area (Å²) in [5, 5.41) is 11.1. The Morgan fingerprint density at radius 3 is 2.50 bits per heavy atom. The van der Waals surface area contributed by atoms with E-state index in [1.165, 1.54) is 12.1 Å². The largest absolute Gasteiger partial charge is 0.483 e. The highest BCUT2D eigenvalue weighted by Gasteiger charge is 2.18. The number of benzene rings is 2.